The van der Waals surface area contributed by atoms with Gasteiger partial charge in [0.05, 0.1) is 11.2 Å². The van der Waals surface area contributed by atoms with Crippen molar-refractivity contribution in [1.82, 2.24) is 14.5 Å². The van der Waals surface area contributed by atoms with Gasteiger partial charge in [-0.3, -0.25) is 9.36 Å². The van der Waals surface area contributed by atoms with Gasteiger partial charge in [0.2, 0.25) is 0 Å². The number of piperidine rings is 1. The Morgan fingerprint density at radius 2 is 1.85 bits per heavy atom. The molecule has 3 aromatic rings. The Morgan fingerprint density at radius 1 is 1.15 bits per heavy atom. The lowest BCUT2D eigenvalue weighted by Crippen LogP contribution is -2.43. The van der Waals surface area contributed by atoms with Crippen LogP contribution in [0.15, 0.2) is 41.5 Å². The molecule has 0 amide bonds. The Morgan fingerprint density at radius 3 is 2.55 bits per heavy atom. The summed E-state index contributed by atoms with van der Waals surface area (Å²) in [6.45, 7) is 1.05. The fraction of sp³-hybridized carbons (Fsp3) is 0.520. The van der Waals surface area contributed by atoms with E-state index in [2.05, 4.69) is 16.9 Å². The molecule has 2 aromatic heterocycles. The first-order valence-corrected chi connectivity index (χ1v) is 12.6. The largest absolute Gasteiger partial charge is 0.490 e. The van der Waals surface area contributed by atoms with Crippen LogP contribution in [0, 0.1) is 0 Å². The highest BCUT2D eigenvalue weighted by atomic mass is 32.1. The Hall–Kier alpha value is -2.26. The van der Waals surface area contributed by atoms with E-state index in [9.17, 15) is 9.90 Å². The normalized spacial score (nSPS) is 27.2. The maximum atomic E-state index is 13.2. The maximum Gasteiger partial charge on any atom is 0.275 e. The predicted octanol–water partition coefficient (Wildman–Crippen LogP) is 3.45. The standard InChI is InChI=1S/C25H29N3O4S/c1-27-17-2-3-18(27)13-20(12-17)32-19-6-4-16(5-7-19)28-15-26-21-14-22(33-23(21)24(28)29)25(30)8-10-31-11-9-25/h4-7,14-15,17-18,20,30H,2-3,8-13H2,1H3/t17-,18+,20?. The Balaban J connectivity index is 1.23. The van der Waals surface area contributed by atoms with Gasteiger partial charge < -0.3 is 19.5 Å². The molecule has 2 bridgehead atoms. The van der Waals surface area contributed by atoms with Gasteiger partial charge >= 0.3 is 0 Å². The Bertz CT molecular complexity index is 1200. The van der Waals surface area contributed by atoms with Crippen molar-refractivity contribution in [3.05, 3.63) is 51.9 Å². The first-order valence-electron chi connectivity index (χ1n) is 11.8. The van der Waals surface area contributed by atoms with E-state index in [1.54, 1.807) is 10.9 Å². The van der Waals surface area contributed by atoms with Crippen LogP contribution in [0.1, 0.15) is 43.4 Å². The highest BCUT2D eigenvalue weighted by molar-refractivity contribution is 7.19. The fourth-order valence-corrected chi connectivity index (χ4v) is 6.80. The second-order valence-corrected chi connectivity index (χ2v) is 10.7. The van der Waals surface area contributed by atoms with Gasteiger partial charge in [-0.15, -0.1) is 11.3 Å². The van der Waals surface area contributed by atoms with Crippen molar-refractivity contribution < 1.29 is 14.6 Å². The Kier molecular flexibility index (Phi) is 5.29. The van der Waals surface area contributed by atoms with E-state index in [1.807, 2.05) is 30.3 Å². The molecule has 6 rings (SSSR count). The molecule has 5 heterocycles. The van der Waals surface area contributed by atoms with Crippen molar-refractivity contribution in [2.75, 3.05) is 20.3 Å². The number of aliphatic hydroxyl groups is 1. The van der Waals surface area contributed by atoms with E-state index in [1.165, 1.54) is 24.2 Å². The van der Waals surface area contributed by atoms with Crippen molar-refractivity contribution in [2.45, 2.75) is 62.3 Å². The average molecular weight is 468 g/mol. The third-order valence-electron chi connectivity index (χ3n) is 7.69. The van der Waals surface area contributed by atoms with Crippen LogP contribution >= 0.6 is 11.3 Å². The summed E-state index contributed by atoms with van der Waals surface area (Å²) in [4.78, 5) is 21.0. The molecular formula is C25H29N3O4S. The minimum atomic E-state index is -0.937. The van der Waals surface area contributed by atoms with E-state index in [-0.39, 0.29) is 11.7 Å². The lowest BCUT2D eigenvalue weighted by molar-refractivity contribution is -0.0655. The molecule has 7 nitrogen and oxygen atoms in total. The van der Waals surface area contributed by atoms with Gasteiger partial charge in [0.15, 0.2) is 0 Å². The zero-order valence-corrected chi connectivity index (χ0v) is 19.6. The van der Waals surface area contributed by atoms with Crippen LogP contribution in [-0.2, 0) is 10.3 Å². The molecule has 0 spiro atoms. The predicted molar refractivity (Wildman–Crippen MR) is 127 cm³/mol. The molecule has 33 heavy (non-hydrogen) atoms. The van der Waals surface area contributed by atoms with E-state index in [0.29, 0.717) is 48.4 Å². The van der Waals surface area contributed by atoms with Crippen molar-refractivity contribution in [2.24, 2.45) is 0 Å². The summed E-state index contributed by atoms with van der Waals surface area (Å²) in [7, 11) is 2.23. The van der Waals surface area contributed by atoms with Crippen LogP contribution in [0.2, 0.25) is 0 Å². The first-order chi connectivity index (χ1) is 16.0. The van der Waals surface area contributed by atoms with Crippen LogP contribution < -0.4 is 10.3 Å². The number of nitrogens with zero attached hydrogens (tertiary/aromatic N) is 3. The van der Waals surface area contributed by atoms with Gasteiger partial charge in [0, 0.05) is 43.0 Å². The molecule has 3 saturated heterocycles. The summed E-state index contributed by atoms with van der Waals surface area (Å²) < 4.78 is 13.8. The van der Waals surface area contributed by atoms with E-state index >= 15 is 0 Å². The molecule has 1 N–H and O–H groups in total. The van der Waals surface area contributed by atoms with Crippen LogP contribution in [0.5, 0.6) is 5.75 Å². The molecule has 1 unspecified atom stereocenters. The second-order valence-electron chi connectivity index (χ2n) is 9.64. The molecule has 3 fully saturated rings. The summed E-state index contributed by atoms with van der Waals surface area (Å²) >= 11 is 1.34. The molecule has 1 aromatic carbocycles. The van der Waals surface area contributed by atoms with Crippen molar-refractivity contribution in [3.63, 3.8) is 0 Å². The monoisotopic (exact) mass is 467 g/mol. The van der Waals surface area contributed by atoms with Crippen molar-refractivity contribution >= 4 is 21.6 Å². The van der Waals surface area contributed by atoms with Crippen LogP contribution in [0.3, 0.4) is 0 Å². The van der Waals surface area contributed by atoms with Gasteiger partial charge in [-0.25, -0.2) is 4.98 Å². The molecular weight excluding hydrogens is 438 g/mol. The van der Waals surface area contributed by atoms with Crippen LogP contribution in [0.25, 0.3) is 15.9 Å². The number of hydrogen-bond donors (Lipinski definition) is 1. The number of aromatic nitrogens is 2. The molecule has 3 aliphatic heterocycles. The van der Waals surface area contributed by atoms with Gasteiger partial charge in [0.25, 0.3) is 5.56 Å². The third kappa shape index (κ3) is 3.79. The van der Waals surface area contributed by atoms with Gasteiger partial charge in [0.1, 0.15) is 28.5 Å². The minimum absolute atomic E-state index is 0.118. The SMILES string of the molecule is CN1[C@@H]2CC[C@H]1CC(Oc1ccc(-n3cnc4cc(C5(O)CCOCC5)sc4c3=O)cc1)C2. The number of thiophene rings is 1. The lowest BCUT2D eigenvalue weighted by atomic mass is 9.93. The fourth-order valence-electron chi connectivity index (χ4n) is 5.62. The summed E-state index contributed by atoms with van der Waals surface area (Å²) in [5, 5.41) is 11.0. The van der Waals surface area contributed by atoms with Crippen LogP contribution in [0.4, 0.5) is 0 Å². The molecule has 8 heteroatoms. The summed E-state index contributed by atoms with van der Waals surface area (Å²) in [5.74, 6) is 0.843. The zero-order chi connectivity index (χ0) is 22.6. The maximum absolute atomic E-state index is 13.2. The van der Waals surface area contributed by atoms with E-state index in [4.69, 9.17) is 9.47 Å². The van der Waals surface area contributed by atoms with Gasteiger partial charge in [-0.05, 0) is 63.1 Å². The summed E-state index contributed by atoms with van der Waals surface area (Å²) in [6.07, 6.45) is 7.59. The van der Waals surface area contributed by atoms with Crippen LogP contribution in [-0.4, -0.2) is 58.0 Å². The van der Waals surface area contributed by atoms with Gasteiger partial charge in [-0.2, -0.15) is 0 Å². The lowest BCUT2D eigenvalue weighted by Gasteiger charge is -2.36. The minimum Gasteiger partial charge on any atom is -0.490 e. The highest BCUT2D eigenvalue weighted by Gasteiger charge is 2.39. The quantitative estimate of drug-likeness (QED) is 0.633. The average Bonchev–Trinajstić information content (AvgIpc) is 3.34. The summed E-state index contributed by atoms with van der Waals surface area (Å²) in [5.41, 5.74) is 0.332. The van der Waals surface area contributed by atoms with Gasteiger partial charge in [-0.1, -0.05) is 0 Å². The smallest absolute Gasteiger partial charge is 0.275 e. The number of rotatable bonds is 4. The second kappa shape index (κ2) is 8.20. The molecule has 3 aliphatic rings. The van der Waals surface area contributed by atoms with Crippen molar-refractivity contribution in [1.29, 1.82) is 0 Å². The Labute approximate surface area is 196 Å². The highest BCUT2D eigenvalue weighted by Crippen LogP contribution is 2.38. The number of hydrogen-bond acceptors (Lipinski definition) is 7. The molecule has 3 atom stereocenters. The molecule has 0 saturated carbocycles. The molecule has 0 radical (unpaired) electrons. The summed E-state index contributed by atoms with van der Waals surface area (Å²) in [6, 6.07) is 10.8. The first kappa shape index (κ1) is 21.3. The number of ether oxygens (including phenoxy) is 2. The number of benzene rings is 1. The molecule has 174 valence electrons. The number of fused-ring (bicyclic) bond motifs is 3. The molecule has 0 aliphatic carbocycles. The van der Waals surface area contributed by atoms with Crippen molar-refractivity contribution in [3.8, 4) is 11.4 Å². The van der Waals surface area contributed by atoms with E-state index < -0.39 is 5.60 Å². The zero-order valence-electron chi connectivity index (χ0n) is 18.8. The topological polar surface area (TPSA) is 76.8 Å². The van der Waals surface area contributed by atoms with E-state index in [0.717, 1.165) is 29.2 Å². The third-order valence-corrected chi connectivity index (χ3v) is 8.99.